The van der Waals surface area contributed by atoms with E-state index in [-0.39, 0.29) is 5.54 Å². The maximum atomic E-state index is 12.5. The van der Waals surface area contributed by atoms with Gasteiger partial charge in [0.05, 0.1) is 6.20 Å². The number of hydrogen-bond acceptors (Lipinski definition) is 3. The van der Waals surface area contributed by atoms with Gasteiger partial charge in [-0.2, -0.15) is 5.10 Å². The van der Waals surface area contributed by atoms with Gasteiger partial charge in [-0.05, 0) is 24.8 Å². The predicted molar refractivity (Wildman–Crippen MR) is 96.7 cm³/mol. The van der Waals surface area contributed by atoms with Crippen molar-refractivity contribution in [1.82, 2.24) is 19.6 Å². The number of aromatic nitrogens is 2. The summed E-state index contributed by atoms with van der Waals surface area (Å²) in [7, 11) is 1.96. The highest BCUT2D eigenvalue weighted by Gasteiger charge is 2.46. The maximum absolute atomic E-state index is 12.5. The summed E-state index contributed by atoms with van der Waals surface area (Å²) in [5.74, 6) is 0.324. The SMILES string of the molecule is Cn1cc(CN2CCC3(CCC(=O)N3Cc3ccccc3)CC2)cn1. The molecule has 5 heteroatoms. The van der Waals surface area contributed by atoms with E-state index in [1.54, 1.807) is 0 Å². The molecule has 4 rings (SSSR count). The number of rotatable bonds is 4. The first-order chi connectivity index (χ1) is 12.1. The van der Waals surface area contributed by atoms with Crippen molar-refractivity contribution in [1.29, 1.82) is 0 Å². The summed E-state index contributed by atoms with van der Waals surface area (Å²) in [6, 6.07) is 10.4. The number of piperidine rings is 1. The van der Waals surface area contributed by atoms with E-state index >= 15 is 0 Å². The molecule has 3 heterocycles. The highest BCUT2D eigenvalue weighted by Crippen LogP contribution is 2.40. The first-order valence-corrected chi connectivity index (χ1v) is 9.19. The highest BCUT2D eigenvalue weighted by atomic mass is 16.2. The number of likely N-dealkylation sites (tertiary alicyclic amines) is 2. The normalized spacial score (nSPS) is 20.5. The predicted octanol–water partition coefficient (Wildman–Crippen LogP) is 2.58. The Morgan fingerprint density at radius 3 is 2.48 bits per heavy atom. The Hall–Kier alpha value is -2.14. The fraction of sp³-hybridized carbons (Fsp3) is 0.500. The van der Waals surface area contributed by atoms with Crippen LogP contribution >= 0.6 is 0 Å². The Kier molecular flexibility index (Phi) is 4.34. The summed E-state index contributed by atoms with van der Waals surface area (Å²) >= 11 is 0. The van der Waals surface area contributed by atoms with Crippen molar-refractivity contribution in [3.05, 3.63) is 53.9 Å². The first kappa shape index (κ1) is 16.3. The van der Waals surface area contributed by atoms with Gasteiger partial charge >= 0.3 is 0 Å². The van der Waals surface area contributed by atoms with Crippen molar-refractivity contribution in [2.75, 3.05) is 13.1 Å². The van der Waals surface area contributed by atoms with Crippen LogP contribution in [-0.2, 0) is 24.9 Å². The molecule has 2 aliphatic rings. The van der Waals surface area contributed by atoms with Crippen LogP contribution in [-0.4, -0.2) is 44.1 Å². The minimum atomic E-state index is 0.0678. The van der Waals surface area contributed by atoms with E-state index in [4.69, 9.17) is 0 Å². The molecule has 0 bridgehead atoms. The number of amides is 1. The summed E-state index contributed by atoms with van der Waals surface area (Å²) in [6.45, 7) is 3.81. The van der Waals surface area contributed by atoms with Gasteiger partial charge in [0.25, 0.3) is 0 Å². The minimum Gasteiger partial charge on any atom is -0.333 e. The maximum Gasteiger partial charge on any atom is 0.223 e. The molecule has 2 fully saturated rings. The van der Waals surface area contributed by atoms with Gasteiger partial charge < -0.3 is 4.90 Å². The fourth-order valence-electron chi connectivity index (χ4n) is 4.35. The fourth-order valence-corrected chi connectivity index (χ4v) is 4.35. The molecule has 1 aromatic heterocycles. The van der Waals surface area contributed by atoms with E-state index in [2.05, 4.69) is 45.4 Å². The molecule has 0 saturated carbocycles. The molecular weight excluding hydrogens is 312 g/mol. The van der Waals surface area contributed by atoms with Crippen LogP contribution in [0, 0.1) is 0 Å². The lowest BCUT2D eigenvalue weighted by Gasteiger charge is -2.45. The summed E-state index contributed by atoms with van der Waals surface area (Å²) in [5.41, 5.74) is 2.57. The number of carbonyl (C=O) groups excluding carboxylic acids is 1. The Morgan fingerprint density at radius 2 is 1.80 bits per heavy atom. The molecule has 0 radical (unpaired) electrons. The molecule has 2 aromatic rings. The molecular formula is C20H26N4O. The lowest BCUT2D eigenvalue weighted by Crippen LogP contribution is -2.52. The van der Waals surface area contributed by atoms with Gasteiger partial charge in [0.1, 0.15) is 0 Å². The van der Waals surface area contributed by atoms with E-state index in [1.807, 2.05) is 24.0 Å². The number of benzene rings is 1. The third-order valence-corrected chi connectivity index (χ3v) is 5.81. The first-order valence-electron chi connectivity index (χ1n) is 9.19. The van der Waals surface area contributed by atoms with Gasteiger partial charge in [0.2, 0.25) is 5.91 Å². The molecule has 0 aliphatic carbocycles. The largest absolute Gasteiger partial charge is 0.333 e. The number of carbonyl (C=O) groups is 1. The van der Waals surface area contributed by atoms with Crippen molar-refractivity contribution < 1.29 is 4.79 Å². The second kappa shape index (κ2) is 6.64. The van der Waals surface area contributed by atoms with E-state index in [0.717, 1.165) is 45.4 Å². The van der Waals surface area contributed by atoms with E-state index in [9.17, 15) is 4.79 Å². The lowest BCUT2D eigenvalue weighted by atomic mass is 9.84. The molecule has 132 valence electrons. The third-order valence-electron chi connectivity index (χ3n) is 5.81. The Labute approximate surface area is 149 Å². The molecule has 5 nitrogen and oxygen atoms in total. The van der Waals surface area contributed by atoms with Crippen LogP contribution in [0.15, 0.2) is 42.7 Å². The zero-order valence-electron chi connectivity index (χ0n) is 14.9. The van der Waals surface area contributed by atoms with Crippen molar-refractivity contribution in [3.8, 4) is 0 Å². The number of aryl methyl sites for hydroxylation is 1. The second-order valence-corrected chi connectivity index (χ2v) is 7.49. The standard InChI is InChI=1S/C20H26N4O/c1-22-14-18(13-21-22)15-23-11-9-20(10-12-23)8-7-19(25)24(20)16-17-5-3-2-4-6-17/h2-6,13-14H,7-12,15-16H2,1H3. The molecule has 1 aromatic carbocycles. The monoisotopic (exact) mass is 338 g/mol. The summed E-state index contributed by atoms with van der Waals surface area (Å²) in [5, 5.41) is 4.26. The molecule has 0 unspecified atom stereocenters. The van der Waals surface area contributed by atoms with Crippen LogP contribution in [0.2, 0.25) is 0 Å². The van der Waals surface area contributed by atoms with Gasteiger partial charge in [-0.15, -0.1) is 0 Å². The molecule has 0 N–H and O–H groups in total. The van der Waals surface area contributed by atoms with Crippen molar-refractivity contribution in [3.63, 3.8) is 0 Å². The van der Waals surface area contributed by atoms with Crippen LogP contribution in [0.25, 0.3) is 0 Å². The molecule has 2 saturated heterocycles. The van der Waals surface area contributed by atoms with Crippen LogP contribution in [0.3, 0.4) is 0 Å². The quantitative estimate of drug-likeness (QED) is 0.860. The highest BCUT2D eigenvalue weighted by molar-refractivity contribution is 5.79. The molecule has 1 spiro atoms. The lowest BCUT2D eigenvalue weighted by molar-refractivity contribution is -0.133. The Bertz CT molecular complexity index is 731. The van der Waals surface area contributed by atoms with Gasteiger partial charge in [0, 0.05) is 56.9 Å². The minimum absolute atomic E-state index is 0.0678. The van der Waals surface area contributed by atoms with Crippen LogP contribution in [0.5, 0.6) is 0 Å². The summed E-state index contributed by atoms with van der Waals surface area (Å²) < 4.78 is 1.86. The molecule has 0 atom stereocenters. The third kappa shape index (κ3) is 3.33. The Balaban J connectivity index is 1.42. The average molecular weight is 338 g/mol. The zero-order valence-corrected chi connectivity index (χ0v) is 14.9. The average Bonchev–Trinajstić information content (AvgIpc) is 3.17. The topological polar surface area (TPSA) is 41.4 Å². The van der Waals surface area contributed by atoms with Gasteiger partial charge in [-0.25, -0.2) is 0 Å². The van der Waals surface area contributed by atoms with E-state index in [0.29, 0.717) is 12.3 Å². The van der Waals surface area contributed by atoms with Gasteiger partial charge in [-0.1, -0.05) is 30.3 Å². The van der Waals surface area contributed by atoms with Gasteiger partial charge in [0.15, 0.2) is 0 Å². The Morgan fingerprint density at radius 1 is 1.04 bits per heavy atom. The van der Waals surface area contributed by atoms with Crippen molar-refractivity contribution >= 4 is 5.91 Å². The number of nitrogens with zero attached hydrogens (tertiary/aromatic N) is 4. The van der Waals surface area contributed by atoms with Crippen LogP contribution in [0.4, 0.5) is 0 Å². The second-order valence-electron chi connectivity index (χ2n) is 7.49. The summed E-state index contributed by atoms with van der Waals surface area (Å²) in [4.78, 5) is 17.2. The molecule has 25 heavy (non-hydrogen) atoms. The van der Waals surface area contributed by atoms with Crippen LogP contribution < -0.4 is 0 Å². The van der Waals surface area contributed by atoms with E-state index < -0.39 is 0 Å². The molecule has 2 aliphatic heterocycles. The van der Waals surface area contributed by atoms with Gasteiger partial charge in [-0.3, -0.25) is 14.4 Å². The van der Waals surface area contributed by atoms with Crippen molar-refractivity contribution in [2.24, 2.45) is 7.05 Å². The molecule has 1 amide bonds. The number of hydrogen-bond donors (Lipinski definition) is 0. The smallest absolute Gasteiger partial charge is 0.223 e. The van der Waals surface area contributed by atoms with Crippen LogP contribution in [0.1, 0.15) is 36.8 Å². The van der Waals surface area contributed by atoms with E-state index in [1.165, 1.54) is 11.1 Å². The van der Waals surface area contributed by atoms with Crippen molar-refractivity contribution in [2.45, 2.75) is 44.3 Å². The zero-order chi connectivity index (χ0) is 17.3. The summed E-state index contributed by atoms with van der Waals surface area (Å²) in [6.07, 6.45) is 7.91.